The first-order valence-corrected chi connectivity index (χ1v) is 8.57. The molecule has 0 atom stereocenters. The smallest absolute Gasteiger partial charge is 0.191 e. The Labute approximate surface area is 137 Å². The molecular formula is C18H23N3S. The van der Waals surface area contributed by atoms with Gasteiger partial charge in [0.25, 0.3) is 0 Å². The number of nitrogens with one attached hydrogen (secondary N) is 2. The predicted molar refractivity (Wildman–Crippen MR) is 96.4 cm³/mol. The van der Waals surface area contributed by atoms with Crippen molar-refractivity contribution in [2.24, 2.45) is 4.99 Å². The molecule has 22 heavy (non-hydrogen) atoms. The summed E-state index contributed by atoms with van der Waals surface area (Å²) in [4.78, 5) is 5.56. The third-order valence-electron chi connectivity index (χ3n) is 3.55. The molecule has 2 rings (SSSR count). The molecule has 0 bridgehead atoms. The Morgan fingerprint density at radius 2 is 1.68 bits per heavy atom. The number of guanidine groups is 1. The fourth-order valence-corrected chi connectivity index (χ4v) is 2.55. The van der Waals surface area contributed by atoms with Crippen molar-refractivity contribution in [2.75, 3.05) is 13.3 Å². The van der Waals surface area contributed by atoms with E-state index in [-0.39, 0.29) is 0 Å². The number of thioether (sulfide) groups is 1. The van der Waals surface area contributed by atoms with E-state index in [1.54, 1.807) is 18.8 Å². The van der Waals surface area contributed by atoms with Gasteiger partial charge in [0.2, 0.25) is 0 Å². The molecule has 0 spiro atoms. The average Bonchev–Trinajstić information content (AvgIpc) is 2.57. The highest BCUT2D eigenvalue weighted by Gasteiger charge is 2.01. The molecule has 0 aromatic heterocycles. The molecule has 0 fully saturated rings. The number of aryl methyl sites for hydroxylation is 1. The first kappa shape index (κ1) is 16.4. The molecule has 0 aliphatic rings. The summed E-state index contributed by atoms with van der Waals surface area (Å²) in [6.45, 7) is 3.67. The number of rotatable bonds is 5. The van der Waals surface area contributed by atoms with Crippen LogP contribution in [-0.2, 0) is 13.1 Å². The van der Waals surface area contributed by atoms with Crippen LogP contribution in [0.2, 0.25) is 0 Å². The third-order valence-corrected chi connectivity index (χ3v) is 4.29. The minimum atomic E-state index is 0.766. The highest BCUT2D eigenvalue weighted by atomic mass is 32.2. The van der Waals surface area contributed by atoms with Crippen molar-refractivity contribution in [1.29, 1.82) is 0 Å². The highest BCUT2D eigenvalue weighted by molar-refractivity contribution is 7.98. The van der Waals surface area contributed by atoms with Gasteiger partial charge in [0.1, 0.15) is 0 Å². The zero-order chi connectivity index (χ0) is 15.8. The van der Waals surface area contributed by atoms with Crippen LogP contribution in [0.4, 0.5) is 0 Å². The van der Waals surface area contributed by atoms with E-state index in [1.165, 1.54) is 21.6 Å². The Kier molecular flexibility index (Phi) is 6.34. The monoisotopic (exact) mass is 313 g/mol. The molecule has 4 heteroatoms. The van der Waals surface area contributed by atoms with Crippen LogP contribution < -0.4 is 10.6 Å². The lowest BCUT2D eigenvalue weighted by atomic mass is 10.1. The summed E-state index contributed by atoms with van der Waals surface area (Å²) in [5, 5.41) is 6.70. The SMILES string of the molecule is CN=C(NCc1ccc(SC)cc1)NCc1ccccc1C. The van der Waals surface area contributed by atoms with Crippen LogP contribution in [0.5, 0.6) is 0 Å². The van der Waals surface area contributed by atoms with Crippen molar-refractivity contribution in [3.63, 3.8) is 0 Å². The second-order valence-electron chi connectivity index (χ2n) is 5.05. The molecule has 3 nitrogen and oxygen atoms in total. The topological polar surface area (TPSA) is 36.4 Å². The second-order valence-corrected chi connectivity index (χ2v) is 5.93. The maximum Gasteiger partial charge on any atom is 0.191 e. The van der Waals surface area contributed by atoms with Crippen LogP contribution in [0.15, 0.2) is 58.4 Å². The summed E-state index contributed by atoms with van der Waals surface area (Å²) in [6, 6.07) is 17.0. The fraction of sp³-hybridized carbons (Fsp3) is 0.278. The van der Waals surface area contributed by atoms with Crippen LogP contribution >= 0.6 is 11.8 Å². The van der Waals surface area contributed by atoms with Crippen LogP contribution in [0.1, 0.15) is 16.7 Å². The van der Waals surface area contributed by atoms with E-state index in [0.29, 0.717) is 0 Å². The van der Waals surface area contributed by atoms with Crippen molar-refractivity contribution in [2.45, 2.75) is 24.9 Å². The Bertz CT molecular complexity index is 620. The lowest BCUT2D eigenvalue weighted by Crippen LogP contribution is -2.36. The zero-order valence-corrected chi connectivity index (χ0v) is 14.2. The Balaban J connectivity index is 1.86. The molecule has 2 aromatic rings. The normalized spacial score (nSPS) is 11.3. The van der Waals surface area contributed by atoms with Gasteiger partial charge in [-0.05, 0) is 42.0 Å². The van der Waals surface area contributed by atoms with Gasteiger partial charge < -0.3 is 10.6 Å². The largest absolute Gasteiger partial charge is 0.352 e. The zero-order valence-electron chi connectivity index (χ0n) is 13.4. The molecule has 0 aliphatic carbocycles. The number of nitrogens with zero attached hydrogens (tertiary/aromatic N) is 1. The molecule has 0 radical (unpaired) electrons. The van der Waals surface area contributed by atoms with E-state index in [0.717, 1.165) is 19.0 Å². The summed E-state index contributed by atoms with van der Waals surface area (Å²) >= 11 is 1.76. The third kappa shape index (κ3) is 4.81. The van der Waals surface area contributed by atoms with Gasteiger partial charge in [-0.1, -0.05) is 36.4 Å². The standard InChI is InChI=1S/C18H23N3S/c1-14-6-4-5-7-16(14)13-21-18(19-2)20-12-15-8-10-17(22-3)11-9-15/h4-11H,12-13H2,1-3H3,(H2,19,20,21). The van der Waals surface area contributed by atoms with Gasteiger partial charge in [-0.25, -0.2) is 0 Å². The van der Waals surface area contributed by atoms with Crippen LogP contribution in [0, 0.1) is 6.92 Å². The number of hydrogen-bond donors (Lipinski definition) is 2. The molecule has 2 N–H and O–H groups in total. The van der Waals surface area contributed by atoms with E-state index < -0.39 is 0 Å². The lowest BCUT2D eigenvalue weighted by Gasteiger charge is -2.13. The summed E-state index contributed by atoms with van der Waals surface area (Å²) in [5.41, 5.74) is 3.82. The van der Waals surface area contributed by atoms with Crippen LogP contribution in [-0.4, -0.2) is 19.3 Å². The molecule has 2 aromatic carbocycles. The Hall–Kier alpha value is -1.94. The molecule has 116 valence electrons. The van der Waals surface area contributed by atoms with Crippen molar-refractivity contribution in [1.82, 2.24) is 10.6 Å². The molecular weight excluding hydrogens is 290 g/mol. The molecule has 0 aliphatic heterocycles. The van der Waals surface area contributed by atoms with E-state index in [4.69, 9.17) is 0 Å². The summed E-state index contributed by atoms with van der Waals surface area (Å²) in [7, 11) is 1.80. The second kappa shape index (κ2) is 8.49. The van der Waals surface area contributed by atoms with E-state index in [1.807, 2.05) is 0 Å². The lowest BCUT2D eigenvalue weighted by molar-refractivity contribution is 0.806. The first-order chi connectivity index (χ1) is 10.7. The Morgan fingerprint density at radius 3 is 2.32 bits per heavy atom. The van der Waals surface area contributed by atoms with E-state index in [9.17, 15) is 0 Å². The maximum absolute atomic E-state index is 4.27. The van der Waals surface area contributed by atoms with Gasteiger partial charge in [0.05, 0.1) is 0 Å². The fourth-order valence-electron chi connectivity index (χ4n) is 2.14. The van der Waals surface area contributed by atoms with Gasteiger partial charge in [0, 0.05) is 25.0 Å². The highest BCUT2D eigenvalue weighted by Crippen LogP contribution is 2.14. The van der Waals surface area contributed by atoms with Gasteiger partial charge >= 0.3 is 0 Å². The molecule has 0 saturated heterocycles. The minimum absolute atomic E-state index is 0.766. The summed E-state index contributed by atoms with van der Waals surface area (Å²) < 4.78 is 0. The molecule has 0 heterocycles. The van der Waals surface area contributed by atoms with Crippen molar-refractivity contribution < 1.29 is 0 Å². The van der Waals surface area contributed by atoms with Gasteiger partial charge in [-0.15, -0.1) is 11.8 Å². The Morgan fingerprint density at radius 1 is 1.00 bits per heavy atom. The molecule has 0 unspecified atom stereocenters. The van der Waals surface area contributed by atoms with Gasteiger partial charge in [-0.3, -0.25) is 4.99 Å². The minimum Gasteiger partial charge on any atom is -0.352 e. The van der Waals surface area contributed by atoms with Crippen LogP contribution in [0.25, 0.3) is 0 Å². The number of aliphatic imine (C=N–C) groups is 1. The molecule has 0 saturated carbocycles. The predicted octanol–water partition coefficient (Wildman–Crippen LogP) is 3.58. The van der Waals surface area contributed by atoms with Gasteiger partial charge in [-0.2, -0.15) is 0 Å². The maximum atomic E-state index is 4.27. The first-order valence-electron chi connectivity index (χ1n) is 7.35. The summed E-state index contributed by atoms with van der Waals surface area (Å²) in [6.07, 6.45) is 2.09. The van der Waals surface area contributed by atoms with Crippen LogP contribution in [0.3, 0.4) is 0 Å². The van der Waals surface area contributed by atoms with Crippen molar-refractivity contribution in [3.8, 4) is 0 Å². The van der Waals surface area contributed by atoms with Crippen molar-refractivity contribution >= 4 is 17.7 Å². The van der Waals surface area contributed by atoms with Gasteiger partial charge in [0.15, 0.2) is 5.96 Å². The average molecular weight is 313 g/mol. The van der Waals surface area contributed by atoms with Crippen molar-refractivity contribution in [3.05, 3.63) is 65.2 Å². The molecule has 0 amide bonds. The van der Waals surface area contributed by atoms with E-state index >= 15 is 0 Å². The summed E-state index contributed by atoms with van der Waals surface area (Å²) in [5.74, 6) is 0.817. The quantitative estimate of drug-likeness (QED) is 0.503. The van der Waals surface area contributed by atoms with E-state index in [2.05, 4.69) is 77.3 Å². The number of hydrogen-bond acceptors (Lipinski definition) is 2. The number of benzene rings is 2.